The Morgan fingerprint density at radius 2 is 2.26 bits per heavy atom. The average molecular weight is 386 g/mol. The highest BCUT2D eigenvalue weighted by Gasteiger charge is 2.46. The summed E-state index contributed by atoms with van der Waals surface area (Å²) in [5.41, 5.74) is 0. The normalized spacial score (nSPS) is 24.7. The highest BCUT2D eigenvalue weighted by Crippen LogP contribution is 2.38. The van der Waals surface area contributed by atoms with E-state index in [2.05, 4.69) is 15.9 Å². The van der Waals surface area contributed by atoms with E-state index in [4.69, 9.17) is 0 Å². The maximum Gasteiger partial charge on any atom is 0.322 e. The molecule has 1 N–H and O–H groups in total. The number of thiophene rings is 1. The molecule has 0 aliphatic carbocycles. The predicted molar refractivity (Wildman–Crippen MR) is 79.0 cm³/mol. The number of carboxylic acid groups (broad SMARTS) is 1. The smallest absolute Gasteiger partial charge is 0.322 e. The molecule has 2 atom stereocenters. The lowest BCUT2D eigenvalue weighted by molar-refractivity contribution is -0.140. The van der Waals surface area contributed by atoms with Gasteiger partial charge in [0, 0.05) is 5.75 Å². The maximum absolute atomic E-state index is 12.6. The first-order valence-corrected chi connectivity index (χ1v) is 9.61. The number of carbonyl (C=O) groups is 1. The lowest BCUT2D eigenvalue weighted by Gasteiger charge is -2.24. The Morgan fingerprint density at radius 3 is 2.74 bits per heavy atom. The fourth-order valence-electron chi connectivity index (χ4n) is 1.89. The first-order valence-electron chi connectivity index (χ1n) is 5.51. The van der Waals surface area contributed by atoms with Crippen molar-refractivity contribution in [1.29, 1.82) is 0 Å². The Morgan fingerprint density at radius 1 is 1.58 bits per heavy atom. The largest absolute Gasteiger partial charge is 0.480 e. The van der Waals surface area contributed by atoms with Crippen molar-refractivity contribution in [2.75, 3.05) is 5.75 Å². The number of hydrogen-bond donors (Lipinski definition) is 1. The molecule has 2 rings (SSSR count). The van der Waals surface area contributed by atoms with Crippen molar-refractivity contribution in [3.63, 3.8) is 0 Å². The van der Waals surface area contributed by atoms with E-state index in [1.165, 1.54) is 17.8 Å². The summed E-state index contributed by atoms with van der Waals surface area (Å²) in [7, 11) is -3.75. The van der Waals surface area contributed by atoms with Crippen LogP contribution >= 0.6 is 39.0 Å². The summed E-state index contributed by atoms with van der Waals surface area (Å²) in [4.78, 5) is 11.2. The van der Waals surface area contributed by atoms with Crippen molar-refractivity contribution in [3.05, 3.63) is 15.9 Å². The molecule has 2 heterocycles. The molecule has 0 amide bonds. The van der Waals surface area contributed by atoms with Gasteiger partial charge in [-0.1, -0.05) is 6.92 Å². The number of aliphatic carboxylic acids is 1. The zero-order valence-corrected chi connectivity index (χ0v) is 14.0. The van der Waals surface area contributed by atoms with Crippen LogP contribution in [0.5, 0.6) is 0 Å². The van der Waals surface area contributed by atoms with E-state index in [1.54, 1.807) is 6.07 Å². The Hall–Kier alpha value is -0.0900. The SMILES string of the molecule is CCC1SCC(C(=O)O)N1S(=O)(=O)c1ccc(Br)s1. The van der Waals surface area contributed by atoms with E-state index in [1.807, 2.05) is 6.92 Å². The summed E-state index contributed by atoms with van der Waals surface area (Å²) in [6.07, 6.45) is 0.584. The van der Waals surface area contributed by atoms with E-state index in [-0.39, 0.29) is 9.58 Å². The molecule has 106 valence electrons. The van der Waals surface area contributed by atoms with E-state index in [9.17, 15) is 18.3 Å². The molecular formula is C10H12BrNO4S3. The first-order chi connectivity index (χ1) is 8.87. The summed E-state index contributed by atoms with van der Waals surface area (Å²) in [5.74, 6) is -0.803. The number of rotatable bonds is 4. The third-order valence-electron chi connectivity index (χ3n) is 2.75. The van der Waals surface area contributed by atoms with Crippen LogP contribution in [-0.4, -0.2) is 41.0 Å². The van der Waals surface area contributed by atoms with Crippen LogP contribution in [0.15, 0.2) is 20.1 Å². The van der Waals surface area contributed by atoms with Crippen molar-refractivity contribution in [1.82, 2.24) is 4.31 Å². The molecule has 0 spiro atoms. The standard InChI is InChI=1S/C10H12BrNO4S3/c1-2-8-12(6(5-17-8)10(13)14)19(15,16)9-4-3-7(11)18-9/h3-4,6,8H,2,5H2,1H3,(H,13,14). The van der Waals surface area contributed by atoms with Gasteiger partial charge in [0.1, 0.15) is 10.3 Å². The minimum Gasteiger partial charge on any atom is -0.480 e. The highest BCUT2D eigenvalue weighted by molar-refractivity contribution is 9.11. The third-order valence-corrected chi connectivity index (χ3v) is 8.35. The molecule has 0 radical (unpaired) electrons. The topological polar surface area (TPSA) is 74.7 Å². The van der Waals surface area contributed by atoms with E-state index < -0.39 is 22.0 Å². The summed E-state index contributed by atoms with van der Waals surface area (Å²) in [6.45, 7) is 1.86. The minimum absolute atomic E-state index is 0.173. The highest BCUT2D eigenvalue weighted by atomic mass is 79.9. The fraction of sp³-hybridized carbons (Fsp3) is 0.500. The molecule has 1 saturated heterocycles. The number of halogens is 1. The van der Waals surface area contributed by atoms with Crippen LogP contribution in [0.1, 0.15) is 13.3 Å². The Kier molecular flexibility index (Phi) is 4.61. The summed E-state index contributed by atoms with van der Waals surface area (Å²) in [6, 6.07) is 2.16. The van der Waals surface area contributed by atoms with Gasteiger partial charge in [-0.05, 0) is 34.5 Å². The van der Waals surface area contributed by atoms with Crippen LogP contribution in [0.25, 0.3) is 0 Å². The Labute approximate surface area is 128 Å². The van der Waals surface area contributed by atoms with Crippen LogP contribution in [0.3, 0.4) is 0 Å². The molecule has 1 aliphatic heterocycles. The second-order valence-electron chi connectivity index (χ2n) is 3.94. The van der Waals surface area contributed by atoms with Crippen molar-refractivity contribution >= 4 is 55.0 Å². The van der Waals surface area contributed by atoms with Crippen LogP contribution in [-0.2, 0) is 14.8 Å². The Bertz CT molecular complexity index is 585. The van der Waals surface area contributed by atoms with Gasteiger partial charge in [0.05, 0.1) is 9.16 Å². The van der Waals surface area contributed by atoms with E-state index >= 15 is 0 Å². The lowest BCUT2D eigenvalue weighted by atomic mass is 10.3. The van der Waals surface area contributed by atoms with Gasteiger partial charge >= 0.3 is 5.97 Å². The van der Waals surface area contributed by atoms with Crippen molar-refractivity contribution < 1.29 is 18.3 Å². The molecule has 2 unspecified atom stereocenters. The summed E-state index contributed by atoms with van der Waals surface area (Å²) >= 11 is 5.69. The minimum atomic E-state index is -3.75. The van der Waals surface area contributed by atoms with E-state index in [0.29, 0.717) is 16.0 Å². The van der Waals surface area contributed by atoms with Crippen LogP contribution < -0.4 is 0 Å². The van der Waals surface area contributed by atoms with Gasteiger partial charge in [0.2, 0.25) is 0 Å². The monoisotopic (exact) mass is 385 g/mol. The fourth-order valence-corrected chi connectivity index (χ4v) is 7.54. The van der Waals surface area contributed by atoms with Crippen molar-refractivity contribution in [3.8, 4) is 0 Å². The first kappa shape index (κ1) is 15.3. The molecule has 0 bridgehead atoms. The maximum atomic E-state index is 12.6. The van der Waals surface area contributed by atoms with Gasteiger partial charge in [0.25, 0.3) is 10.0 Å². The number of sulfonamides is 1. The molecule has 5 nitrogen and oxygen atoms in total. The van der Waals surface area contributed by atoms with Gasteiger partial charge in [-0.25, -0.2) is 8.42 Å². The van der Waals surface area contributed by atoms with Crippen LogP contribution in [0, 0.1) is 0 Å². The second-order valence-corrected chi connectivity index (χ2v) is 9.69. The molecule has 1 aromatic rings. The molecule has 9 heteroatoms. The third kappa shape index (κ3) is 2.85. The molecular weight excluding hydrogens is 374 g/mol. The molecule has 1 aromatic heterocycles. The van der Waals surface area contributed by atoms with Gasteiger partial charge in [-0.3, -0.25) is 4.79 Å². The molecule has 1 aliphatic rings. The van der Waals surface area contributed by atoms with Crippen molar-refractivity contribution in [2.24, 2.45) is 0 Å². The van der Waals surface area contributed by atoms with Gasteiger partial charge in [-0.15, -0.1) is 23.1 Å². The Balaban J connectivity index is 2.43. The number of hydrogen-bond acceptors (Lipinski definition) is 5. The van der Waals surface area contributed by atoms with Crippen molar-refractivity contribution in [2.45, 2.75) is 29.0 Å². The average Bonchev–Trinajstić information content (AvgIpc) is 2.94. The molecule has 1 fully saturated rings. The molecule has 0 saturated carbocycles. The van der Waals surface area contributed by atoms with Crippen LogP contribution in [0.2, 0.25) is 0 Å². The predicted octanol–water partition coefficient (Wildman–Crippen LogP) is 2.44. The number of nitrogens with zero attached hydrogens (tertiary/aromatic N) is 1. The van der Waals surface area contributed by atoms with E-state index in [0.717, 1.165) is 15.6 Å². The molecule has 19 heavy (non-hydrogen) atoms. The van der Waals surface area contributed by atoms with Gasteiger partial charge in [0.15, 0.2) is 0 Å². The zero-order valence-electron chi connectivity index (χ0n) is 9.95. The zero-order chi connectivity index (χ0) is 14.2. The lowest BCUT2D eigenvalue weighted by Crippen LogP contribution is -2.45. The quantitative estimate of drug-likeness (QED) is 0.861. The number of carboxylic acids is 1. The second kappa shape index (κ2) is 5.72. The van der Waals surface area contributed by atoms with Gasteiger partial charge in [-0.2, -0.15) is 4.31 Å². The number of thioether (sulfide) groups is 1. The van der Waals surface area contributed by atoms with Crippen LogP contribution in [0.4, 0.5) is 0 Å². The summed E-state index contributed by atoms with van der Waals surface area (Å²) in [5, 5.41) is 8.87. The molecule has 0 aromatic carbocycles. The van der Waals surface area contributed by atoms with Gasteiger partial charge < -0.3 is 5.11 Å². The summed E-state index contributed by atoms with van der Waals surface area (Å²) < 4.78 is 27.2.